The second-order valence-corrected chi connectivity index (χ2v) is 3.37. The minimum Gasteiger partial charge on any atom is -0.479 e. The van der Waals surface area contributed by atoms with Gasteiger partial charge in [-0.15, -0.1) is 0 Å². The lowest BCUT2D eigenvalue weighted by Crippen LogP contribution is -2.44. The Labute approximate surface area is 101 Å². The van der Waals surface area contributed by atoms with E-state index in [1.165, 1.54) is 12.0 Å². The summed E-state index contributed by atoms with van der Waals surface area (Å²) in [5.74, 6) is -1.11. The number of carbonyl (C=O) groups is 2. The van der Waals surface area contributed by atoms with Crippen LogP contribution in [0.4, 0.5) is 4.79 Å². The summed E-state index contributed by atoms with van der Waals surface area (Å²) >= 11 is 0. The van der Waals surface area contributed by atoms with E-state index in [-0.39, 0.29) is 12.6 Å². The Hall–Kier alpha value is -1.34. The first-order chi connectivity index (χ1) is 8.02. The molecular formula is C10H20N2O5. The summed E-state index contributed by atoms with van der Waals surface area (Å²) in [5, 5.41) is 11.2. The second-order valence-electron chi connectivity index (χ2n) is 3.37. The molecule has 0 heterocycles. The van der Waals surface area contributed by atoms with Gasteiger partial charge in [-0.2, -0.15) is 0 Å². The zero-order valence-corrected chi connectivity index (χ0v) is 10.4. The molecule has 0 saturated heterocycles. The summed E-state index contributed by atoms with van der Waals surface area (Å²) in [7, 11) is 2.89. The average Bonchev–Trinajstić information content (AvgIpc) is 2.29. The van der Waals surface area contributed by atoms with Crippen molar-refractivity contribution in [3.8, 4) is 0 Å². The Balaban J connectivity index is 3.87. The number of hydrogen-bond donors (Lipinski definition) is 2. The molecule has 0 fully saturated rings. The number of rotatable bonds is 8. The maximum atomic E-state index is 11.5. The predicted molar refractivity (Wildman–Crippen MR) is 61.0 cm³/mol. The van der Waals surface area contributed by atoms with Crippen LogP contribution in [0.1, 0.15) is 6.92 Å². The molecule has 1 unspecified atom stereocenters. The molecule has 0 saturated carbocycles. The molecule has 100 valence electrons. The van der Waals surface area contributed by atoms with Gasteiger partial charge in [0.1, 0.15) is 0 Å². The molecule has 0 aromatic heterocycles. The smallest absolute Gasteiger partial charge is 0.334 e. The fourth-order valence-electron chi connectivity index (χ4n) is 1.03. The Bertz CT molecular complexity index is 247. The van der Waals surface area contributed by atoms with Crippen LogP contribution >= 0.6 is 0 Å². The number of ether oxygens (including phenoxy) is 2. The summed E-state index contributed by atoms with van der Waals surface area (Å²) in [5.41, 5.74) is 0. The van der Waals surface area contributed by atoms with Crippen LogP contribution < -0.4 is 5.32 Å². The first kappa shape index (κ1) is 15.7. The molecule has 0 aliphatic heterocycles. The Morgan fingerprint density at radius 2 is 2.12 bits per heavy atom. The van der Waals surface area contributed by atoms with Gasteiger partial charge in [0.2, 0.25) is 0 Å². The molecule has 0 aliphatic rings. The summed E-state index contributed by atoms with van der Waals surface area (Å²) in [6.45, 7) is 3.30. The fourth-order valence-corrected chi connectivity index (χ4v) is 1.03. The molecule has 0 aliphatic carbocycles. The molecule has 2 N–H and O–H groups in total. The normalized spacial score (nSPS) is 11.9. The van der Waals surface area contributed by atoms with Crippen molar-refractivity contribution in [1.82, 2.24) is 10.2 Å². The highest BCUT2D eigenvalue weighted by molar-refractivity contribution is 5.76. The van der Waals surface area contributed by atoms with Crippen LogP contribution in [0.3, 0.4) is 0 Å². The van der Waals surface area contributed by atoms with Gasteiger partial charge < -0.3 is 24.8 Å². The average molecular weight is 248 g/mol. The molecular weight excluding hydrogens is 228 g/mol. The summed E-state index contributed by atoms with van der Waals surface area (Å²) in [6, 6.07) is -0.354. The molecule has 7 nitrogen and oxygen atoms in total. The van der Waals surface area contributed by atoms with Crippen molar-refractivity contribution in [2.75, 3.05) is 40.5 Å². The maximum absolute atomic E-state index is 11.5. The van der Waals surface area contributed by atoms with E-state index in [0.717, 1.165) is 0 Å². The maximum Gasteiger partial charge on any atom is 0.334 e. The Morgan fingerprint density at radius 1 is 1.47 bits per heavy atom. The van der Waals surface area contributed by atoms with Gasteiger partial charge in [-0.3, -0.25) is 0 Å². The van der Waals surface area contributed by atoms with E-state index < -0.39 is 12.1 Å². The van der Waals surface area contributed by atoms with Gasteiger partial charge >= 0.3 is 12.0 Å². The van der Waals surface area contributed by atoms with Crippen molar-refractivity contribution < 1.29 is 24.2 Å². The van der Waals surface area contributed by atoms with Gasteiger partial charge in [-0.05, 0) is 6.92 Å². The molecule has 0 aromatic rings. The number of carboxylic acid groups (broad SMARTS) is 1. The van der Waals surface area contributed by atoms with E-state index in [9.17, 15) is 9.59 Å². The van der Waals surface area contributed by atoms with Crippen molar-refractivity contribution in [1.29, 1.82) is 0 Å². The number of hydrogen-bond acceptors (Lipinski definition) is 4. The van der Waals surface area contributed by atoms with Crippen LogP contribution in [0, 0.1) is 0 Å². The number of amides is 2. The summed E-state index contributed by atoms with van der Waals surface area (Å²) in [4.78, 5) is 23.5. The zero-order chi connectivity index (χ0) is 13.3. The van der Waals surface area contributed by atoms with Crippen molar-refractivity contribution in [3.05, 3.63) is 0 Å². The van der Waals surface area contributed by atoms with E-state index in [1.54, 1.807) is 7.05 Å². The third kappa shape index (κ3) is 6.75. The third-order valence-corrected chi connectivity index (χ3v) is 2.12. The third-order valence-electron chi connectivity index (χ3n) is 2.12. The van der Waals surface area contributed by atoms with Gasteiger partial charge in [0.25, 0.3) is 0 Å². The largest absolute Gasteiger partial charge is 0.479 e. The van der Waals surface area contributed by atoms with Crippen LogP contribution in [-0.4, -0.2) is 68.6 Å². The van der Waals surface area contributed by atoms with Gasteiger partial charge in [0.15, 0.2) is 6.10 Å². The van der Waals surface area contributed by atoms with Gasteiger partial charge in [-0.25, -0.2) is 9.59 Å². The van der Waals surface area contributed by atoms with Gasteiger partial charge in [0, 0.05) is 27.3 Å². The number of carboxylic acids is 1. The van der Waals surface area contributed by atoms with Gasteiger partial charge in [-0.1, -0.05) is 0 Å². The standard InChI is InChI=1S/C10H20N2O5/c1-4-17-6-5-12(2)10(15)11-7-8(16-3)9(13)14/h8H,4-7H2,1-3H3,(H,11,15)(H,13,14). The SMILES string of the molecule is CCOCCN(C)C(=O)NCC(OC)C(=O)O. The lowest BCUT2D eigenvalue weighted by atomic mass is 10.3. The van der Waals surface area contributed by atoms with E-state index in [2.05, 4.69) is 10.1 Å². The predicted octanol–water partition coefficient (Wildman–Crippen LogP) is -0.236. The number of likely N-dealkylation sites (N-methyl/N-ethyl adjacent to an activating group) is 1. The van der Waals surface area contributed by atoms with Crippen LogP contribution in [0.25, 0.3) is 0 Å². The van der Waals surface area contributed by atoms with Crippen LogP contribution in [-0.2, 0) is 14.3 Å². The van der Waals surface area contributed by atoms with E-state index in [0.29, 0.717) is 19.8 Å². The zero-order valence-electron chi connectivity index (χ0n) is 10.4. The number of nitrogens with one attached hydrogen (secondary N) is 1. The highest BCUT2D eigenvalue weighted by Crippen LogP contribution is 1.90. The fraction of sp³-hybridized carbons (Fsp3) is 0.800. The molecule has 0 radical (unpaired) electrons. The molecule has 0 aromatic carbocycles. The molecule has 7 heteroatoms. The monoisotopic (exact) mass is 248 g/mol. The van der Waals surface area contributed by atoms with Crippen molar-refractivity contribution in [2.24, 2.45) is 0 Å². The first-order valence-corrected chi connectivity index (χ1v) is 5.35. The topological polar surface area (TPSA) is 88.1 Å². The number of carbonyl (C=O) groups excluding carboxylic acids is 1. The number of nitrogens with zero attached hydrogens (tertiary/aromatic N) is 1. The summed E-state index contributed by atoms with van der Waals surface area (Å²) in [6.07, 6.45) is -1.03. The molecule has 1 atom stereocenters. The molecule has 17 heavy (non-hydrogen) atoms. The quantitative estimate of drug-likeness (QED) is 0.579. The highest BCUT2D eigenvalue weighted by Gasteiger charge is 2.18. The van der Waals surface area contributed by atoms with Gasteiger partial charge in [0.05, 0.1) is 13.2 Å². The van der Waals surface area contributed by atoms with Crippen molar-refractivity contribution in [2.45, 2.75) is 13.0 Å². The second kappa shape index (κ2) is 8.77. The highest BCUT2D eigenvalue weighted by atomic mass is 16.5. The van der Waals surface area contributed by atoms with Crippen LogP contribution in [0.2, 0.25) is 0 Å². The molecule has 0 spiro atoms. The van der Waals surface area contributed by atoms with E-state index in [4.69, 9.17) is 9.84 Å². The first-order valence-electron chi connectivity index (χ1n) is 5.35. The lowest BCUT2D eigenvalue weighted by Gasteiger charge is -2.19. The number of aliphatic carboxylic acids is 1. The number of urea groups is 1. The minimum absolute atomic E-state index is 0.0658. The summed E-state index contributed by atoms with van der Waals surface area (Å²) < 4.78 is 9.78. The van der Waals surface area contributed by atoms with E-state index >= 15 is 0 Å². The Kier molecular flexibility index (Phi) is 8.08. The number of methoxy groups -OCH3 is 1. The molecule has 0 rings (SSSR count). The molecule has 2 amide bonds. The lowest BCUT2D eigenvalue weighted by molar-refractivity contribution is -0.148. The molecule has 0 bridgehead atoms. The van der Waals surface area contributed by atoms with Crippen LogP contribution in [0.5, 0.6) is 0 Å². The van der Waals surface area contributed by atoms with Crippen LogP contribution in [0.15, 0.2) is 0 Å². The van der Waals surface area contributed by atoms with Crippen molar-refractivity contribution >= 4 is 12.0 Å². The van der Waals surface area contributed by atoms with Crippen molar-refractivity contribution in [3.63, 3.8) is 0 Å². The van der Waals surface area contributed by atoms with E-state index in [1.807, 2.05) is 6.92 Å². The Morgan fingerprint density at radius 3 is 2.59 bits per heavy atom. The minimum atomic E-state index is -1.11.